The molecule has 4 rings (SSSR count). The van der Waals surface area contributed by atoms with E-state index < -0.39 is 0 Å². The minimum Gasteiger partial charge on any atom is -0.353 e. The van der Waals surface area contributed by atoms with Crippen molar-refractivity contribution in [3.63, 3.8) is 0 Å². The van der Waals surface area contributed by atoms with Crippen LogP contribution in [0.4, 0.5) is 5.95 Å². The Hall–Kier alpha value is -2.85. The molecular formula is C22H21ClN4. The molecule has 0 atom stereocenters. The number of fused-ring (bicyclic) bond motifs is 1. The molecule has 0 radical (unpaired) electrons. The molecule has 2 heterocycles. The molecule has 27 heavy (non-hydrogen) atoms. The Bertz CT molecular complexity index is 1080. The predicted molar refractivity (Wildman–Crippen MR) is 113 cm³/mol. The molecule has 0 aliphatic rings. The van der Waals surface area contributed by atoms with Crippen molar-refractivity contribution in [2.24, 2.45) is 7.05 Å². The zero-order valence-corrected chi connectivity index (χ0v) is 16.3. The Morgan fingerprint density at radius 1 is 0.926 bits per heavy atom. The van der Waals surface area contributed by atoms with E-state index in [9.17, 15) is 0 Å². The molecule has 0 spiro atoms. The van der Waals surface area contributed by atoms with E-state index in [0.717, 1.165) is 44.4 Å². The van der Waals surface area contributed by atoms with Crippen molar-refractivity contribution in [2.75, 3.05) is 5.32 Å². The molecule has 5 heteroatoms. The third-order valence-corrected chi connectivity index (χ3v) is 4.79. The summed E-state index contributed by atoms with van der Waals surface area (Å²) >= 11 is 5.96. The summed E-state index contributed by atoms with van der Waals surface area (Å²) in [7, 11) is 2.03. The third-order valence-electron chi connectivity index (χ3n) is 4.54. The number of aromatic nitrogens is 3. The molecule has 2 aromatic carbocycles. The number of anilines is 1. The van der Waals surface area contributed by atoms with Crippen LogP contribution in [0.5, 0.6) is 0 Å². The normalized spacial score (nSPS) is 11.3. The van der Waals surface area contributed by atoms with Gasteiger partial charge in [-0.2, -0.15) is 0 Å². The van der Waals surface area contributed by atoms with Gasteiger partial charge < -0.3 is 9.88 Å². The lowest BCUT2D eigenvalue weighted by Gasteiger charge is -2.08. The second-order valence-electron chi connectivity index (χ2n) is 6.94. The van der Waals surface area contributed by atoms with Gasteiger partial charge in [0.25, 0.3) is 0 Å². The van der Waals surface area contributed by atoms with Crippen LogP contribution >= 0.6 is 11.6 Å². The number of imidazole rings is 1. The largest absolute Gasteiger partial charge is 0.353 e. The number of halogens is 1. The summed E-state index contributed by atoms with van der Waals surface area (Å²) in [5.41, 5.74) is 6.21. The molecule has 4 nitrogen and oxygen atoms in total. The first-order valence-electron chi connectivity index (χ1n) is 8.96. The number of hydrogen-bond acceptors (Lipinski definition) is 3. The minimum atomic E-state index is 0.335. The molecule has 2 aromatic heterocycles. The zero-order valence-electron chi connectivity index (χ0n) is 15.6. The highest BCUT2D eigenvalue weighted by atomic mass is 35.5. The fraction of sp³-hybridized carbons (Fsp3) is 0.182. The highest BCUT2D eigenvalue weighted by molar-refractivity contribution is 6.30. The van der Waals surface area contributed by atoms with Gasteiger partial charge in [-0.05, 0) is 49.7 Å². The van der Waals surface area contributed by atoms with Gasteiger partial charge in [0.05, 0.1) is 16.7 Å². The number of rotatable bonds is 4. The van der Waals surface area contributed by atoms with Gasteiger partial charge in [0, 0.05) is 35.4 Å². The van der Waals surface area contributed by atoms with E-state index in [4.69, 9.17) is 16.6 Å². The quantitative estimate of drug-likeness (QED) is 0.491. The highest BCUT2D eigenvalue weighted by Crippen LogP contribution is 2.27. The monoisotopic (exact) mass is 376 g/mol. The Labute approximate surface area is 163 Å². The molecule has 0 saturated carbocycles. The fourth-order valence-corrected chi connectivity index (χ4v) is 3.25. The van der Waals surface area contributed by atoms with Crippen molar-refractivity contribution < 1.29 is 0 Å². The molecule has 0 unspecified atom stereocenters. The molecule has 136 valence electrons. The Kier molecular flexibility index (Phi) is 4.58. The van der Waals surface area contributed by atoms with Gasteiger partial charge in [-0.25, -0.2) is 4.98 Å². The topological polar surface area (TPSA) is 42.7 Å². The van der Waals surface area contributed by atoms with Crippen molar-refractivity contribution in [2.45, 2.75) is 19.9 Å². The lowest BCUT2D eigenvalue weighted by atomic mass is 10.1. The SMILES string of the molecule is CC(C)Nc1nc2cc(-c3ccc(-c4ccc(Cl)cc4)cn3)ccc2n1C. The van der Waals surface area contributed by atoms with E-state index in [1.807, 2.05) is 43.6 Å². The number of benzene rings is 2. The fourth-order valence-electron chi connectivity index (χ4n) is 3.12. The number of aryl methyl sites for hydroxylation is 1. The van der Waals surface area contributed by atoms with Crippen molar-refractivity contribution >= 4 is 28.6 Å². The second-order valence-corrected chi connectivity index (χ2v) is 7.37. The summed E-state index contributed by atoms with van der Waals surface area (Å²) in [5, 5.41) is 4.11. The summed E-state index contributed by atoms with van der Waals surface area (Å²) in [5.74, 6) is 0.878. The second kappa shape index (κ2) is 7.05. The molecule has 0 amide bonds. The van der Waals surface area contributed by atoms with E-state index in [0.29, 0.717) is 6.04 Å². The highest BCUT2D eigenvalue weighted by Gasteiger charge is 2.10. The van der Waals surface area contributed by atoms with Gasteiger partial charge >= 0.3 is 0 Å². The van der Waals surface area contributed by atoms with Crippen molar-refractivity contribution in [1.29, 1.82) is 0 Å². The molecule has 4 aromatic rings. The molecular weight excluding hydrogens is 356 g/mol. The zero-order chi connectivity index (χ0) is 19.0. The van der Waals surface area contributed by atoms with E-state index >= 15 is 0 Å². The Morgan fingerprint density at radius 2 is 1.63 bits per heavy atom. The van der Waals surface area contributed by atoms with Gasteiger partial charge in [0.1, 0.15) is 0 Å². The maximum atomic E-state index is 5.96. The van der Waals surface area contributed by atoms with Gasteiger partial charge in [0.15, 0.2) is 0 Å². The summed E-state index contributed by atoms with van der Waals surface area (Å²) < 4.78 is 2.08. The maximum absolute atomic E-state index is 5.96. The van der Waals surface area contributed by atoms with Crippen molar-refractivity contribution in [3.05, 3.63) is 65.8 Å². The van der Waals surface area contributed by atoms with E-state index in [2.05, 4.69) is 53.0 Å². The van der Waals surface area contributed by atoms with Crippen LogP contribution in [0.3, 0.4) is 0 Å². The van der Waals surface area contributed by atoms with Crippen LogP contribution in [0, 0.1) is 0 Å². The van der Waals surface area contributed by atoms with Gasteiger partial charge in [0.2, 0.25) is 5.95 Å². The van der Waals surface area contributed by atoms with Gasteiger partial charge in [-0.15, -0.1) is 0 Å². The standard InChI is InChI=1S/C22H21ClN4/c1-14(2)25-22-26-20-12-16(7-11-21(20)27(22)3)19-10-6-17(13-24-19)15-4-8-18(23)9-5-15/h4-14H,1-3H3,(H,25,26). The summed E-state index contributed by atoms with van der Waals surface area (Å²) in [6.07, 6.45) is 1.90. The maximum Gasteiger partial charge on any atom is 0.203 e. The third kappa shape index (κ3) is 3.53. The molecule has 0 aliphatic carbocycles. The van der Waals surface area contributed by atoms with Gasteiger partial charge in [-0.3, -0.25) is 4.98 Å². The summed E-state index contributed by atoms with van der Waals surface area (Å²) in [4.78, 5) is 9.37. The van der Waals surface area contributed by atoms with Crippen LogP contribution in [0.1, 0.15) is 13.8 Å². The van der Waals surface area contributed by atoms with Crippen molar-refractivity contribution in [3.8, 4) is 22.4 Å². The molecule has 0 bridgehead atoms. The first-order valence-corrected chi connectivity index (χ1v) is 9.34. The minimum absolute atomic E-state index is 0.335. The number of hydrogen-bond donors (Lipinski definition) is 1. The van der Waals surface area contributed by atoms with E-state index in [-0.39, 0.29) is 0 Å². The molecule has 0 saturated heterocycles. The predicted octanol–water partition coefficient (Wildman–Crippen LogP) is 5.78. The van der Waals surface area contributed by atoms with Crippen molar-refractivity contribution in [1.82, 2.24) is 14.5 Å². The Morgan fingerprint density at radius 3 is 2.30 bits per heavy atom. The van der Waals surface area contributed by atoms with Crippen LogP contribution in [0.15, 0.2) is 60.8 Å². The lowest BCUT2D eigenvalue weighted by molar-refractivity contribution is 0.843. The average molecular weight is 377 g/mol. The summed E-state index contributed by atoms with van der Waals surface area (Å²) in [6.45, 7) is 4.22. The smallest absolute Gasteiger partial charge is 0.203 e. The molecule has 0 aliphatic heterocycles. The van der Waals surface area contributed by atoms with E-state index in [1.54, 1.807) is 0 Å². The average Bonchev–Trinajstić information content (AvgIpc) is 2.97. The van der Waals surface area contributed by atoms with Crippen LogP contribution < -0.4 is 5.32 Å². The van der Waals surface area contributed by atoms with Crippen LogP contribution in [-0.4, -0.2) is 20.6 Å². The number of nitrogens with one attached hydrogen (secondary N) is 1. The van der Waals surface area contributed by atoms with Crippen LogP contribution in [0.2, 0.25) is 5.02 Å². The van der Waals surface area contributed by atoms with E-state index in [1.165, 1.54) is 0 Å². The lowest BCUT2D eigenvalue weighted by Crippen LogP contribution is -2.13. The molecule has 0 fully saturated rings. The first-order chi connectivity index (χ1) is 13.0. The van der Waals surface area contributed by atoms with Crippen LogP contribution in [-0.2, 0) is 7.05 Å². The summed E-state index contributed by atoms with van der Waals surface area (Å²) in [6, 6.07) is 18.5. The first kappa shape index (κ1) is 17.6. The molecule has 1 N–H and O–H groups in total. The van der Waals surface area contributed by atoms with Gasteiger partial charge in [-0.1, -0.05) is 35.9 Å². The number of nitrogens with zero attached hydrogens (tertiary/aromatic N) is 3. The number of pyridine rings is 1. The van der Waals surface area contributed by atoms with Crippen LogP contribution in [0.25, 0.3) is 33.4 Å². The Balaban J connectivity index is 1.66.